The minimum Gasteiger partial charge on any atom is -0.356 e. The van der Waals surface area contributed by atoms with Crippen LogP contribution in [0.5, 0.6) is 0 Å². The van der Waals surface area contributed by atoms with E-state index in [4.69, 9.17) is 11.6 Å². The Morgan fingerprint density at radius 2 is 1.83 bits per heavy atom. The summed E-state index contributed by atoms with van der Waals surface area (Å²) in [4.78, 5) is 24.4. The normalized spacial score (nSPS) is 18.8. The summed E-state index contributed by atoms with van der Waals surface area (Å²) in [6.45, 7) is 10.9. The molecule has 0 atom stereocenters. The van der Waals surface area contributed by atoms with E-state index in [1.165, 1.54) is 56.2 Å². The lowest BCUT2D eigenvalue weighted by molar-refractivity contribution is 0.340. The summed E-state index contributed by atoms with van der Waals surface area (Å²) in [6, 6.07) is 12.6. The van der Waals surface area contributed by atoms with Crippen molar-refractivity contribution < 1.29 is 4.39 Å². The molecule has 1 saturated heterocycles. The van der Waals surface area contributed by atoms with Crippen molar-refractivity contribution in [3.63, 3.8) is 0 Å². The summed E-state index contributed by atoms with van der Waals surface area (Å²) in [6.07, 6.45) is 8.58. The maximum absolute atomic E-state index is 14.7. The second-order valence-corrected chi connectivity index (χ2v) is 10.5. The van der Waals surface area contributed by atoms with Gasteiger partial charge in [0.2, 0.25) is 5.69 Å². The molecule has 2 saturated carbocycles. The van der Waals surface area contributed by atoms with Crippen LogP contribution in [0.1, 0.15) is 62.0 Å². The first-order valence-electron chi connectivity index (χ1n) is 12.6. The van der Waals surface area contributed by atoms with Gasteiger partial charge in [0.05, 0.1) is 17.8 Å². The van der Waals surface area contributed by atoms with Crippen LogP contribution in [0.3, 0.4) is 0 Å². The van der Waals surface area contributed by atoms with Gasteiger partial charge in [-0.1, -0.05) is 37.1 Å². The Balaban J connectivity index is 1.50. The van der Waals surface area contributed by atoms with E-state index in [-0.39, 0.29) is 11.2 Å². The molecule has 2 aliphatic carbocycles. The molecule has 1 spiro atoms. The maximum Gasteiger partial charge on any atom is 0.263 e. The average Bonchev–Trinajstić information content (AvgIpc) is 3.49. The molecular weight excluding hydrogens is 439 g/mol. The molecule has 3 aliphatic rings. The number of hydrogen-bond acceptors (Lipinski definition) is 3. The highest BCUT2D eigenvalue weighted by Crippen LogP contribution is 2.46. The van der Waals surface area contributed by atoms with Gasteiger partial charge in [-0.05, 0) is 74.1 Å². The van der Waals surface area contributed by atoms with Crippen LogP contribution in [0.4, 0.5) is 15.9 Å². The fourth-order valence-electron chi connectivity index (χ4n) is 6.03. The minimum atomic E-state index is -0.601. The third-order valence-electron chi connectivity index (χ3n) is 8.21. The Kier molecular flexibility index (Phi) is 5.25. The van der Waals surface area contributed by atoms with Crippen LogP contribution in [0.15, 0.2) is 47.3 Å². The van der Waals surface area contributed by atoms with Gasteiger partial charge in [0.15, 0.2) is 0 Å². The van der Waals surface area contributed by atoms with Gasteiger partial charge in [0.1, 0.15) is 17.5 Å². The smallest absolute Gasteiger partial charge is 0.263 e. The van der Waals surface area contributed by atoms with Crippen LogP contribution >= 0.6 is 0 Å². The number of hydrogen-bond donors (Lipinski definition) is 0. The zero-order chi connectivity index (χ0) is 24.2. The van der Waals surface area contributed by atoms with Gasteiger partial charge in [0.25, 0.3) is 5.56 Å². The quantitative estimate of drug-likeness (QED) is 0.408. The van der Waals surface area contributed by atoms with E-state index in [1.54, 1.807) is 10.6 Å². The number of aromatic nitrogens is 2. The van der Waals surface area contributed by atoms with Gasteiger partial charge >= 0.3 is 0 Å². The minimum absolute atomic E-state index is 0.0357. The van der Waals surface area contributed by atoms with Crippen molar-refractivity contribution in [2.75, 3.05) is 18.0 Å². The summed E-state index contributed by atoms with van der Waals surface area (Å²) in [5, 5.41) is 0. The van der Waals surface area contributed by atoms with E-state index < -0.39 is 5.82 Å². The predicted molar refractivity (Wildman–Crippen MR) is 136 cm³/mol. The summed E-state index contributed by atoms with van der Waals surface area (Å²) in [5.41, 5.74) is 3.29. The zero-order valence-electron chi connectivity index (χ0n) is 20.1. The summed E-state index contributed by atoms with van der Waals surface area (Å²) >= 11 is 0. The molecule has 3 aromatic rings. The van der Waals surface area contributed by atoms with Crippen molar-refractivity contribution in [2.45, 2.75) is 57.8 Å². The molecule has 6 rings (SSSR count). The van der Waals surface area contributed by atoms with Gasteiger partial charge in [-0.3, -0.25) is 9.36 Å². The van der Waals surface area contributed by atoms with E-state index in [0.717, 1.165) is 25.2 Å². The van der Waals surface area contributed by atoms with E-state index in [1.807, 2.05) is 19.1 Å². The fraction of sp³-hybridized carbons (Fsp3) is 0.414. The van der Waals surface area contributed by atoms with E-state index in [9.17, 15) is 9.18 Å². The molecule has 2 aromatic carbocycles. The average molecular weight is 469 g/mol. The number of benzene rings is 2. The summed E-state index contributed by atoms with van der Waals surface area (Å²) in [5.74, 6) is 1.14. The molecule has 0 amide bonds. The van der Waals surface area contributed by atoms with Crippen LogP contribution in [0.25, 0.3) is 21.9 Å². The standard InChI is InChI=1S/C29H29FN4O/c1-19-26(33-16-15-29(18-33)13-3-4-14-29)32-27(22-9-12-25(31-2)24(30)17-22)34(28(19)35)23-10-7-21(8-11-23)20-5-6-20/h7-12,17,20H,3-6,13-16,18H2,1H3. The molecule has 0 unspecified atom stereocenters. The number of nitrogens with zero attached hydrogens (tertiary/aromatic N) is 4. The van der Waals surface area contributed by atoms with Crippen LogP contribution in [0.2, 0.25) is 0 Å². The van der Waals surface area contributed by atoms with Crippen molar-refractivity contribution in [2.24, 2.45) is 5.41 Å². The molecule has 1 aromatic heterocycles. The first-order chi connectivity index (χ1) is 17.0. The molecule has 178 valence electrons. The Labute approximate surface area is 205 Å². The molecule has 2 heterocycles. The molecule has 6 heteroatoms. The van der Waals surface area contributed by atoms with Gasteiger partial charge < -0.3 is 4.90 Å². The molecule has 0 bridgehead atoms. The summed E-state index contributed by atoms with van der Waals surface area (Å²) in [7, 11) is 0. The lowest BCUT2D eigenvalue weighted by Gasteiger charge is -2.26. The first kappa shape index (κ1) is 22.0. The predicted octanol–water partition coefficient (Wildman–Crippen LogP) is 6.55. The van der Waals surface area contributed by atoms with Gasteiger partial charge in [0, 0.05) is 18.7 Å². The van der Waals surface area contributed by atoms with Crippen molar-refractivity contribution in [1.82, 2.24) is 9.55 Å². The SMILES string of the molecule is [C-]#[N+]c1ccc(-c2nc(N3CCC4(CCCC4)C3)c(C)c(=O)n2-c2ccc(C3CC3)cc2)cc1F. The highest BCUT2D eigenvalue weighted by molar-refractivity contribution is 5.66. The Bertz CT molecular complexity index is 1390. The highest BCUT2D eigenvalue weighted by Gasteiger charge is 2.41. The summed E-state index contributed by atoms with van der Waals surface area (Å²) < 4.78 is 16.3. The zero-order valence-corrected chi connectivity index (χ0v) is 20.1. The third kappa shape index (κ3) is 3.83. The van der Waals surface area contributed by atoms with E-state index in [2.05, 4.69) is 21.9 Å². The van der Waals surface area contributed by atoms with Gasteiger partial charge in [-0.15, -0.1) is 0 Å². The first-order valence-corrected chi connectivity index (χ1v) is 12.6. The number of anilines is 1. The van der Waals surface area contributed by atoms with Crippen LogP contribution < -0.4 is 10.5 Å². The largest absolute Gasteiger partial charge is 0.356 e. The van der Waals surface area contributed by atoms with Crippen molar-refractivity contribution in [3.8, 4) is 17.1 Å². The Morgan fingerprint density at radius 3 is 2.49 bits per heavy atom. The second-order valence-electron chi connectivity index (χ2n) is 10.5. The molecule has 0 radical (unpaired) electrons. The van der Waals surface area contributed by atoms with Crippen molar-refractivity contribution >= 4 is 11.5 Å². The van der Waals surface area contributed by atoms with Crippen molar-refractivity contribution in [1.29, 1.82) is 0 Å². The molecule has 5 nitrogen and oxygen atoms in total. The number of halogens is 1. The highest BCUT2D eigenvalue weighted by atomic mass is 19.1. The fourth-order valence-corrected chi connectivity index (χ4v) is 6.03. The molecule has 3 fully saturated rings. The lowest BCUT2D eigenvalue weighted by Crippen LogP contribution is -2.31. The molecule has 35 heavy (non-hydrogen) atoms. The third-order valence-corrected chi connectivity index (χ3v) is 8.21. The van der Waals surface area contributed by atoms with Gasteiger partial charge in [-0.2, -0.15) is 0 Å². The Hall–Kier alpha value is -3.46. The molecule has 0 N–H and O–H groups in total. The Morgan fingerprint density at radius 1 is 1.09 bits per heavy atom. The van der Waals surface area contributed by atoms with Crippen molar-refractivity contribution in [3.05, 3.63) is 81.2 Å². The number of rotatable bonds is 4. The molecule has 1 aliphatic heterocycles. The van der Waals surface area contributed by atoms with E-state index >= 15 is 0 Å². The molecular formula is C29H29FN4O. The van der Waals surface area contributed by atoms with Crippen LogP contribution in [-0.2, 0) is 0 Å². The lowest BCUT2D eigenvalue weighted by atomic mass is 9.86. The van der Waals surface area contributed by atoms with Crippen LogP contribution in [0, 0.1) is 24.7 Å². The van der Waals surface area contributed by atoms with Crippen LogP contribution in [-0.4, -0.2) is 22.6 Å². The van der Waals surface area contributed by atoms with E-state index in [0.29, 0.717) is 34.1 Å². The monoisotopic (exact) mass is 468 g/mol. The maximum atomic E-state index is 14.7. The topological polar surface area (TPSA) is 42.5 Å². The van der Waals surface area contributed by atoms with Gasteiger partial charge in [-0.25, -0.2) is 14.2 Å². The second kappa shape index (κ2) is 8.34.